The fourth-order valence-corrected chi connectivity index (χ4v) is 2.21. The van der Waals surface area contributed by atoms with Crippen molar-refractivity contribution >= 4 is 6.09 Å². The van der Waals surface area contributed by atoms with Gasteiger partial charge in [0.15, 0.2) is 0 Å². The molecule has 0 radical (unpaired) electrons. The summed E-state index contributed by atoms with van der Waals surface area (Å²) in [6, 6.07) is 0.253. The molecule has 0 aromatic carbocycles. The number of rotatable bonds is 2. The third-order valence-corrected chi connectivity index (χ3v) is 3.16. The molecular weight excluding hydrogens is 216 g/mol. The first-order valence-electron chi connectivity index (χ1n) is 6.55. The molecule has 0 aromatic heterocycles. The van der Waals surface area contributed by atoms with E-state index in [4.69, 9.17) is 4.74 Å². The van der Waals surface area contributed by atoms with Crippen molar-refractivity contribution in [1.29, 1.82) is 0 Å². The Kier molecular flexibility index (Phi) is 4.80. The van der Waals surface area contributed by atoms with E-state index in [-0.39, 0.29) is 12.1 Å². The summed E-state index contributed by atoms with van der Waals surface area (Å²) in [7, 11) is 0. The van der Waals surface area contributed by atoms with Gasteiger partial charge >= 0.3 is 6.09 Å². The number of likely N-dealkylation sites (N-methyl/N-ethyl adjacent to an activating group) is 1. The molecule has 4 nitrogen and oxygen atoms in total. The molecule has 2 atom stereocenters. The van der Waals surface area contributed by atoms with Crippen molar-refractivity contribution in [3.05, 3.63) is 0 Å². The summed E-state index contributed by atoms with van der Waals surface area (Å²) in [6.45, 7) is 12.5. The van der Waals surface area contributed by atoms with Crippen LogP contribution >= 0.6 is 0 Å². The van der Waals surface area contributed by atoms with Gasteiger partial charge in [-0.2, -0.15) is 0 Å². The van der Waals surface area contributed by atoms with Crippen LogP contribution < -0.4 is 5.32 Å². The van der Waals surface area contributed by atoms with Gasteiger partial charge in [-0.25, -0.2) is 4.79 Å². The lowest BCUT2D eigenvalue weighted by molar-refractivity contribution is 0.00886. The van der Waals surface area contributed by atoms with Gasteiger partial charge in [-0.1, -0.05) is 6.92 Å². The number of nitrogens with one attached hydrogen (secondary N) is 1. The first-order chi connectivity index (χ1) is 7.85. The number of nitrogens with zero attached hydrogens (tertiary/aromatic N) is 1. The van der Waals surface area contributed by atoms with Crippen molar-refractivity contribution in [1.82, 2.24) is 10.2 Å². The second-order valence-corrected chi connectivity index (χ2v) is 5.80. The van der Waals surface area contributed by atoms with E-state index in [1.165, 1.54) is 0 Å². The van der Waals surface area contributed by atoms with Gasteiger partial charge in [0, 0.05) is 13.1 Å². The number of hydrogen-bond acceptors (Lipinski definition) is 3. The van der Waals surface area contributed by atoms with Gasteiger partial charge in [0.1, 0.15) is 5.60 Å². The maximum absolute atomic E-state index is 12.1. The second-order valence-electron chi connectivity index (χ2n) is 5.80. The van der Waals surface area contributed by atoms with Gasteiger partial charge in [-0.3, -0.25) is 0 Å². The topological polar surface area (TPSA) is 41.6 Å². The van der Waals surface area contributed by atoms with Crippen molar-refractivity contribution < 1.29 is 9.53 Å². The Morgan fingerprint density at radius 1 is 1.47 bits per heavy atom. The number of carbonyl (C=O) groups excluding carboxylic acids is 1. The molecule has 1 saturated heterocycles. The van der Waals surface area contributed by atoms with E-state index in [0.29, 0.717) is 12.5 Å². The summed E-state index contributed by atoms with van der Waals surface area (Å²) in [6.07, 6.45) is 0.921. The van der Waals surface area contributed by atoms with Gasteiger partial charge in [-0.15, -0.1) is 0 Å². The fraction of sp³-hybridized carbons (Fsp3) is 0.923. The second kappa shape index (κ2) is 5.71. The molecule has 1 rings (SSSR count). The molecule has 1 N–H and O–H groups in total. The third kappa shape index (κ3) is 4.19. The zero-order chi connectivity index (χ0) is 13.1. The maximum Gasteiger partial charge on any atom is 0.410 e. The van der Waals surface area contributed by atoms with E-state index < -0.39 is 5.60 Å². The van der Waals surface area contributed by atoms with E-state index in [0.717, 1.165) is 19.5 Å². The zero-order valence-corrected chi connectivity index (χ0v) is 11.7. The molecule has 1 fully saturated rings. The molecule has 1 aliphatic rings. The number of piperidine rings is 1. The quantitative estimate of drug-likeness (QED) is 0.807. The van der Waals surface area contributed by atoms with Crippen LogP contribution in [0.25, 0.3) is 0 Å². The van der Waals surface area contributed by atoms with Gasteiger partial charge in [0.25, 0.3) is 0 Å². The van der Waals surface area contributed by atoms with E-state index in [2.05, 4.69) is 12.2 Å². The zero-order valence-electron chi connectivity index (χ0n) is 11.7. The highest BCUT2D eigenvalue weighted by Gasteiger charge is 2.31. The molecule has 0 aromatic rings. The third-order valence-electron chi connectivity index (χ3n) is 3.16. The van der Waals surface area contributed by atoms with Crippen LogP contribution in [0.1, 0.15) is 41.0 Å². The van der Waals surface area contributed by atoms with Crippen LogP contribution in [0.15, 0.2) is 0 Å². The Labute approximate surface area is 105 Å². The molecule has 1 amide bonds. The van der Waals surface area contributed by atoms with Gasteiger partial charge < -0.3 is 15.0 Å². The van der Waals surface area contributed by atoms with Crippen molar-refractivity contribution in [2.45, 2.75) is 52.7 Å². The van der Waals surface area contributed by atoms with Crippen molar-refractivity contribution in [3.8, 4) is 0 Å². The molecule has 0 unspecified atom stereocenters. The lowest BCUT2D eigenvalue weighted by Crippen LogP contribution is -2.53. The molecule has 4 heteroatoms. The van der Waals surface area contributed by atoms with E-state index in [1.807, 2.05) is 32.6 Å². The minimum Gasteiger partial charge on any atom is -0.444 e. The number of amides is 1. The first kappa shape index (κ1) is 14.3. The SMILES string of the molecule is CCN(C(=O)OC(C)(C)C)[C@@H]1CNCC[C@H]1C. The summed E-state index contributed by atoms with van der Waals surface area (Å²) in [5.41, 5.74) is -0.421. The van der Waals surface area contributed by atoms with Crippen LogP contribution in [-0.2, 0) is 4.74 Å². The minimum atomic E-state index is -0.421. The standard InChI is InChI=1S/C13H26N2O2/c1-6-15(12(16)17-13(3,4)5)11-9-14-8-7-10(11)2/h10-11,14H,6-9H2,1-5H3/t10-,11-/m1/s1. The summed E-state index contributed by atoms with van der Waals surface area (Å²) in [5, 5.41) is 3.35. The van der Waals surface area contributed by atoms with E-state index in [9.17, 15) is 4.79 Å². The monoisotopic (exact) mass is 242 g/mol. The van der Waals surface area contributed by atoms with Gasteiger partial charge in [-0.05, 0) is 46.6 Å². The van der Waals surface area contributed by atoms with E-state index >= 15 is 0 Å². The predicted molar refractivity (Wildman–Crippen MR) is 69.1 cm³/mol. The predicted octanol–water partition coefficient (Wildman–Crippen LogP) is 2.24. The van der Waals surface area contributed by atoms with Gasteiger partial charge in [0.2, 0.25) is 0 Å². The van der Waals surface area contributed by atoms with Crippen LogP contribution in [0.3, 0.4) is 0 Å². The molecule has 0 spiro atoms. The summed E-state index contributed by atoms with van der Waals surface area (Å²) in [5.74, 6) is 0.531. The number of hydrogen-bond donors (Lipinski definition) is 1. The van der Waals surface area contributed by atoms with Crippen LogP contribution in [0.2, 0.25) is 0 Å². The molecule has 100 valence electrons. The highest BCUT2D eigenvalue weighted by Crippen LogP contribution is 2.20. The van der Waals surface area contributed by atoms with Crippen LogP contribution in [0.5, 0.6) is 0 Å². The molecule has 0 aliphatic carbocycles. The molecule has 1 heterocycles. The Balaban J connectivity index is 2.66. The maximum atomic E-state index is 12.1. The Hall–Kier alpha value is -0.770. The van der Waals surface area contributed by atoms with Crippen molar-refractivity contribution in [2.24, 2.45) is 5.92 Å². The molecule has 0 bridgehead atoms. The normalized spacial score (nSPS) is 25.5. The summed E-state index contributed by atoms with van der Waals surface area (Å²) in [4.78, 5) is 14.0. The molecule has 0 saturated carbocycles. The van der Waals surface area contributed by atoms with Crippen LogP contribution in [-0.4, -0.2) is 42.3 Å². The average molecular weight is 242 g/mol. The van der Waals surface area contributed by atoms with Gasteiger partial charge in [0.05, 0.1) is 6.04 Å². The smallest absolute Gasteiger partial charge is 0.410 e. The van der Waals surface area contributed by atoms with E-state index in [1.54, 1.807) is 0 Å². The summed E-state index contributed by atoms with van der Waals surface area (Å²) >= 11 is 0. The van der Waals surface area contributed by atoms with Crippen LogP contribution in [0, 0.1) is 5.92 Å². The molecular formula is C13H26N2O2. The molecule has 17 heavy (non-hydrogen) atoms. The fourth-order valence-electron chi connectivity index (χ4n) is 2.21. The minimum absolute atomic E-state index is 0.194. The number of ether oxygens (including phenoxy) is 1. The Bertz CT molecular complexity index is 261. The Morgan fingerprint density at radius 2 is 2.12 bits per heavy atom. The lowest BCUT2D eigenvalue weighted by Gasteiger charge is -2.38. The van der Waals surface area contributed by atoms with Crippen molar-refractivity contribution in [3.63, 3.8) is 0 Å². The highest BCUT2D eigenvalue weighted by atomic mass is 16.6. The average Bonchev–Trinajstić information content (AvgIpc) is 2.19. The van der Waals surface area contributed by atoms with Crippen molar-refractivity contribution in [2.75, 3.05) is 19.6 Å². The number of carbonyl (C=O) groups is 1. The Morgan fingerprint density at radius 3 is 2.59 bits per heavy atom. The summed E-state index contributed by atoms with van der Waals surface area (Å²) < 4.78 is 5.45. The lowest BCUT2D eigenvalue weighted by atomic mass is 9.93. The van der Waals surface area contributed by atoms with Crippen LogP contribution in [0.4, 0.5) is 4.79 Å². The largest absolute Gasteiger partial charge is 0.444 e. The first-order valence-corrected chi connectivity index (χ1v) is 6.55. The highest BCUT2D eigenvalue weighted by molar-refractivity contribution is 5.68. The molecule has 1 aliphatic heterocycles.